The molecule has 2 rings (SSSR count). The van der Waals surface area contributed by atoms with Crippen molar-refractivity contribution >= 4 is 17.0 Å². The summed E-state index contributed by atoms with van der Waals surface area (Å²) in [5, 5.41) is 18.9. The topological polar surface area (TPSA) is 68.0 Å². The van der Waals surface area contributed by atoms with Crippen molar-refractivity contribution in [2.24, 2.45) is 0 Å². The quantitative estimate of drug-likeness (QED) is 0.593. The van der Waals surface area contributed by atoms with E-state index in [9.17, 15) is 5.21 Å². The number of nitrogens with one attached hydrogen (secondary N) is 1. The number of fused-ring (bicyclic) bond motifs is 1. The van der Waals surface area contributed by atoms with E-state index < -0.39 is 0 Å². The lowest BCUT2D eigenvalue weighted by Crippen LogP contribution is -2.35. The van der Waals surface area contributed by atoms with Crippen LogP contribution in [-0.2, 0) is 0 Å². The number of aromatic nitrogens is 3. The molecule has 0 aliphatic heterocycles. The molecular weight excluding hydrogens is 266 g/mol. The van der Waals surface area contributed by atoms with Crippen LogP contribution >= 0.6 is 0 Å². The third-order valence-electron chi connectivity index (χ3n) is 3.29. The number of hydrogen-bond acceptors (Lipinski definition) is 5. The monoisotopic (exact) mass is 289 g/mol. The molecule has 6 heteroatoms. The molecule has 0 unspecified atom stereocenters. The smallest absolute Gasteiger partial charge is 0.290 e. The van der Waals surface area contributed by atoms with E-state index in [0.717, 1.165) is 39.0 Å². The number of benzene rings is 1. The molecule has 6 nitrogen and oxygen atoms in total. The average molecular weight is 289 g/mol. The Morgan fingerprint density at radius 1 is 1.14 bits per heavy atom. The largest absolute Gasteiger partial charge is 0.594 e. The van der Waals surface area contributed by atoms with Crippen LogP contribution in [0, 0.1) is 5.21 Å². The van der Waals surface area contributed by atoms with Gasteiger partial charge in [-0.3, -0.25) is 0 Å². The summed E-state index contributed by atoms with van der Waals surface area (Å²) in [4.78, 5) is 7.39. The van der Waals surface area contributed by atoms with E-state index in [0.29, 0.717) is 21.8 Å². The molecule has 0 atom stereocenters. The van der Waals surface area contributed by atoms with Crippen molar-refractivity contribution in [3.63, 3.8) is 0 Å². The van der Waals surface area contributed by atoms with E-state index in [1.807, 2.05) is 12.1 Å². The number of anilines is 1. The predicted octanol–water partition coefficient (Wildman–Crippen LogP) is 1.80. The molecule has 0 saturated heterocycles. The molecule has 0 radical (unpaired) electrons. The van der Waals surface area contributed by atoms with Crippen LogP contribution in [0.4, 0.5) is 5.95 Å². The predicted molar refractivity (Wildman–Crippen MR) is 84.0 cm³/mol. The highest BCUT2D eigenvalue weighted by atomic mass is 16.5. The fourth-order valence-electron chi connectivity index (χ4n) is 2.37. The lowest BCUT2D eigenvalue weighted by molar-refractivity contribution is -0.641. The number of nitrogens with zero attached hydrogens (tertiary/aromatic N) is 4. The molecule has 1 heterocycles. The highest BCUT2D eigenvalue weighted by molar-refractivity contribution is 5.71. The number of rotatable bonds is 8. The standard InChI is InChI=1S/C15H23N5O/c1-3-10-19(11-4-2)12-9-16-15-17-13-7-5-6-8-14(13)20(21)18-15/h5-8H,3-4,9-12H2,1-2H3,(H,16,17,18). The van der Waals surface area contributed by atoms with Gasteiger partial charge in [0.2, 0.25) is 0 Å². The van der Waals surface area contributed by atoms with E-state index >= 15 is 0 Å². The van der Waals surface area contributed by atoms with Gasteiger partial charge in [-0.15, -0.1) is 0 Å². The van der Waals surface area contributed by atoms with Gasteiger partial charge < -0.3 is 15.4 Å². The second-order valence-corrected chi connectivity index (χ2v) is 5.07. The Morgan fingerprint density at radius 2 is 1.86 bits per heavy atom. The van der Waals surface area contributed by atoms with E-state index in [2.05, 4.69) is 34.1 Å². The average Bonchev–Trinajstić information content (AvgIpc) is 2.48. The van der Waals surface area contributed by atoms with Crippen molar-refractivity contribution in [2.45, 2.75) is 26.7 Å². The molecule has 0 bridgehead atoms. The van der Waals surface area contributed by atoms with Crippen LogP contribution in [-0.4, -0.2) is 41.2 Å². The van der Waals surface area contributed by atoms with Gasteiger partial charge in [-0.25, -0.2) is 4.98 Å². The molecule has 21 heavy (non-hydrogen) atoms. The van der Waals surface area contributed by atoms with E-state index in [1.165, 1.54) is 0 Å². The lowest BCUT2D eigenvalue weighted by Gasteiger charge is -2.20. The van der Waals surface area contributed by atoms with Gasteiger partial charge in [0.15, 0.2) is 0 Å². The fraction of sp³-hybridized carbons (Fsp3) is 0.533. The van der Waals surface area contributed by atoms with Crippen LogP contribution in [0.25, 0.3) is 11.0 Å². The summed E-state index contributed by atoms with van der Waals surface area (Å²) in [6.45, 7) is 8.21. The molecule has 0 saturated carbocycles. The summed E-state index contributed by atoms with van der Waals surface area (Å²) in [5.41, 5.74) is 1.14. The second-order valence-electron chi connectivity index (χ2n) is 5.07. The van der Waals surface area contributed by atoms with E-state index in [-0.39, 0.29) is 0 Å². The summed E-state index contributed by atoms with van der Waals surface area (Å²) in [6.07, 6.45) is 2.29. The zero-order valence-corrected chi connectivity index (χ0v) is 12.7. The molecule has 1 aromatic heterocycles. The zero-order chi connectivity index (χ0) is 15.1. The second kappa shape index (κ2) is 7.73. The lowest BCUT2D eigenvalue weighted by atomic mass is 10.3. The Balaban J connectivity index is 1.97. The molecule has 0 aliphatic rings. The van der Waals surface area contributed by atoms with E-state index in [4.69, 9.17) is 0 Å². The summed E-state index contributed by atoms with van der Waals surface area (Å²) in [7, 11) is 0. The maximum absolute atomic E-state index is 11.8. The minimum atomic E-state index is 0.386. The third kappa shape index (κ3) is 4.26. The molecular formula is C15H23N5O. The van der Waals surface area contributed by atoms with Gasteiger partial charge in [0, 0.05) is 19.2 Å². The number of hydrogen-bond donors (Lipinski definition) is 1. The Bertz CT molecular complexity index is 569. The first-order chi connectivity index (χ1) is 10.2. The van der Waals surface area contributed by atoms with Crippen LogP contribution in [0.2, 0.25) is 0 Å². The third-order valence-corrected chi connectivity index (χ3v) is 3.29. The van der Waals surface area contributed by atoms with Crippen LogP contribution in [0.1, 0.15) is 26.7 Å². The normalized spacial score (nSPS) is 11.2. The zero-order valence-electron chi connectivity index (χ0n) is 12.7. The molecule has 1 N–H and O–H groups in total. The van der Waals surface area contributed by atoms with Crippen LogP contribution < -0.4 is 10.2 Å². The van der Waals surface area contributed by atoms with Gasteiger partial charge in [0.25, 0.3) is 11.5 Å². The van der Waals surface area contributed by atoms with Crippen molar-refractivity contribution in [2.75, 3.05) is 31.5 Å². The van der Waals surface area contributed by atoms with Crippen molar-refractivity contribution in [3.05, 3.63) is 29.5 Å². The van der Waals surface area contributed by atoms with Gasteiger partial charge in [0.1, 0.15) is 5.52 Å². The first kappa shape index (κ1) is 15.4. The van der Waals surface area contributed by atoms with Gasteiger partial charge >= 0.3 is 0 Å². The minimum Gasteiger partial charge on any atom is -0.594 e. The Morgan fingerprint density at radius 3 is 2.57 bits per heavy atom. The van der Waals surface area contributed by atoms with Gasteiger partial charge in [0.05, 0.1) is 5.10 Å². The molecule has 2 aromatic rings. The molecule has 114 valence electrons. The van der Waals surface area contributed by atoms with Crippen molar-refractivity contribution in [1.82, 2.24) is 15.0 Å². The summed E-state index contributed by atoms with van der Waals surface area (Å²) < 4.78 is 0. The Hall–Kier alpha value is -1.95. The van der Waals surface area contributed by atoms with Crippen molar-refractivity contribution in [1.29, 1.82) is 0 Å². The molecule has 0 spiro atoms. The highest BCUT2D eigenvalue weighted by Gasteiger charge is 2.10. The van der Waals surface area contributed by atoms with Crippen LogP contribution in [0.5, 0.6) is 0 Å². The van der Waals surface area contributed by atoms with Crippen molar-refractivity contribution < 1.29 is 4.85 Å². The molecule has 0 aliphatic carbocycles. The maximum atomic E-state index is 11.8. The first-order valence-electron chi connectivity index (χ1n) is 7.57. The molecule has 0 fully saturated rings. The summed E-state index contributed by atoms with van der Waals surface area (Å²) in [6, 6.07) is 7.21. The summed E-state index contributed by atoms with van der Waals surface area (Å²) >= 11 is 0. The Labute approximate surface area is 125 Å². The van der Waals surface area contributed by atoms with Crippen LogP contribution in [0.3, 0.4) is 0 Å². The van der Waals surface area contributed by atoms with Gasteiger partial charge in [-0.1, -0.05) is 26.0 Å². The van der Waals surface area contributed by atoms with Gasteiger partial charge in [-0.2, -0.15) is 0 Å². The SMILES string of the molecule is CCCN(CCC)CCNc1nc2ccccc2[n+]([O-])n1. The fourth-order valence-corrected chi connectivity index (χ4v) is 2.37. The van der Waals surface area contributed by atoms with Crippen LogP contribution in [0.15, 0.2) is 24.3 Å². The molecule has 1 aromatic carbocycles. The van der Waals surface area contributed by atoms with Gasteiger partial charge in [-0.05, 0) is 36.8 Å². The highest BCUT2D eigenvalue weighted by Crippen LogP contribution is 2.07. The minimum absolute atomic E-state index is 0.386. The number of para-hydroxylation sites is 2. The van der Waals surface area contributed by atoms with E-state index in [1.54, 1.807) is 12.1 Å². The van der Waals surface area contributed by atoms with Crippen molar-refractivity contribution in [3.8, 4) is 0 Å². The Kier molecular flexibility index (Phi) is 5.68. The summed E-state index contributed by atoms with van der Waals surface area (Å²) in [5.74, 6) is 0.386. The molecule has 0 amide bonds. The maximum Gasteiger partial charge on any atom is 0.290 e. The first-order valence-corrected chi connectivity index (χ1v) is 7.57.